The first-order valence-electron chi connectivity index (χ1n) is 7.29. The lowest BCUT2D eigenvalue weighted by Gasteiger charge is -2.16. The van der Waals surface area contributed by atoms with E-state index in [4.69, 9.17) is 0 Å². The van der Waals surface area contributed by atoms with Gasteiger partial charge in [0.1, 0.15) is 12.2 Å². The molecule has 3 heterocycles. The highest BCUT2D eigenvalue weighted by Crippen LogP contribution is 2.05. The van der Waals surface area contributed by atoms with Gasteiger partial charge in [-0.2, -0.15) is 5.10 Å². The molecule has 110 valence electrons. The van der Waals surface area contributed by atoms with E-state index in [1.54, 1.807) is 6.33 Å². The number of imidazole rings is 1. The molecule has 0 aliphatic rings. The van der Waals surface area contributed by atoms with Crippen molar-refractivity contribution in [2.75, 3.05) is 0 Å². The number of pyridine rings is 1. The molecular weight excluding hydrogens is 264 g/mol. The molecule has 1 unspecified atom stereocenters. The molecule has 3 aromatic heterocycles. The number of nitrogens with one attached hydrogen (secondary N) is 1. The van der Waals surface area contributed by atoms with E-state index >= 15 is 0 Å². The molecule has 0 amide bonds. The number of aryl methyl sites for hydroxylation is 1. The van der Waals surface area contributed by atoms with Gasteiger partial charge in [-0.15, -0.1) is 0 Å². The maximum Gasteiger partial charge on any atom is 0.155 e. The molecule has 1 atom stereocenters. The van der Waals surface area contributed by atoms with Crippen LogP contribution in [0.4, 0.5) is 0 Å². The Bertz CT molecular complexity index is 714. The monoisotopic (exact) mass is 284 g/mol. The van der Waals surface area contributed by atoms with Crippen LogP contribution in [0.25, 0.3) is 5.65 Å². The lowest BCUT2D eigenvalue weighted by molar-refractivity contribution is 0.462. The summed E-state index contributed by atoms with van der Waals surface area (Å²) in [6, 6.07) is 6.38. The minimum absolute atomic E-state index is 0.350. The summed E-state index contributed by atoms with van der Waals surface area (Å²) in [4.78, 5) is 8.55. The van der Waals surface area contributed by atoms with E-state index in [9.17, 15) is 0 Å². The highest BCUT2D eigenvalue weighted by molar-refractivity contribution is 5.37. The number of rotatable bonds is 6. The number of hydrogen-bond acceptors (Lipinski definition) is 4. The molecule has 0 spiro atoms. The van der Waals surface area contributed by atoms with Gasteiger partial charge in [-0.3, -0.25) is 0 Å². The SMILES string of the molecule is CCc1nccn1CC(C)NCc1cccc2ncnn12. The van der Waals surface area contributed by atoms with Crippen molar-refractivity contribution in [2.24, 2.45) is 0 Å². The van der Waals surface area contributed by atoms with E-state index in [1.165, 1.54) is 0 Å². The summed E-state index contributed by atoms with van der Waals surface area (Å²) in [5, 5.41) is 7.78. The van der Waals surface area contributed by atoms with Gasteiger partial charge in [-0.25, -0.2) is 14.5 Å². The fourth-order valence-electron chi connectivity index (χ4n) is 2.49. The van der Waals surface area contributed by atoms with Crippen LogP contribution in [-0.4, -0.2) is 30.2 Å². The molecule has 0 saturated carbocycles. The van der Waals surface area contributed by atoms with Crippen molar-refractivity contribution in [3.63, 3.8) is 0 Å². The van der Waals surface area contributed by atoms with Gasteiger partial charge < -0.3 is 9.88 Å². The van der Waals surface area contributed by atoms with Crippen LogP contribution in [0.3, 0.4) is 0 Å². The molecule has 0 bridgehead atoms. The van der Waals surface area contributed by atoms with Gasteiger partial charge in [0, 0.05) is 37.9 Å². The smallest absolute Gasteiger partial charge is 0.155 e. The second-order valence-corrected chi connectivity index (χ2v) is 5.18. The quantitative estimate of drug-likeness (QED) is 0.748. The molecule has 3 rings (SSSR count). The van der Waals surface area contributed by atoms with Crippen LogP contribution in [0.2, 0.25) is 0 Å². The Kier molecular flexibility index (Phi) is 3.96. The highest BCUT2D eigenvalue weighted by Gasteiger charge is 2.08. The van der Waals surface area contributed by atoms with Crippen molar-refractivity contribution in [3.05, 3.63) is 48.4 Å². The molecule has 0 aliphatic carbocycles. The molecular formula is C15H20N6. The van der Waals surface area contributed by atoms with Crippen molar-refractivity contribution >= 4 is 5.65 Å². The number of aromatic nitrogens is 5. The van der Waals surface area contributed by atoms with E-state index in [0.29, 0.717) is 6.04 Å². The molecule has 6 heteroatoms. The van der Waals surface area contributed by atoms with E-state index in [0.717, 1.165) is 36.7 Å². The van der Waals surface area contributed by atoms with Crippen LogP contribution in [-0.2, 0) is 19.5 Å². The van der Waals surface area contributed by atoms with Crippen molar-refractivity contribution in [1.82, 2.24) is 29.5 Å². The Hall–Kier alpha value is -2.21. The average molecular weight is 284 g/mol. The van der Waals surface area contributed by atoms with Gasteiger partial charge in [0.15, 0.2) is 5.65 Å². The van der Waals surface area contributed by atoms with Gasteiger partial charge in [-0.1, -0.05) is 13.0 Å². The second kappa shape index (κ2) is 6.05. The van der Waals surface area contributed by atoms with Gasteiger partial charge in [0.2, 0.25) is 0 Å². The van der Waals surface area contributed by atoms with E-state index < -0.39 is 0 Å². The summed E-state index contributed by atoms with van der Waals surface area (Å²) in [6.07, 6.45) is 6.44. The molecule has 0 aliphatic heterocycles. The van der Waals surface area contributed by atoms with Crippen LogP contribution >= 0.6 is 0 Å². The van der Waals surface area contributed by atoms with Crippen molar-refractivity contribution in [2.45, 2.75) is 39.4 Å². The average Bonchev–Trinajstić information content (AvgIpc) is 3.13. The molecule has 0 radical (unpaired) electrons. The summed E-state index contributed by atoms with van der Waals surface area (Å²) in [7, 11) is 0. The lowest BCUT2D eigenvalue weighted by Crippen LogP contribution is -2.31. The molecule has 0 fully saturated rings. The Morgan fingerprint density at radius 1 is 1.29 bits per heavy atom. The Balaban J connectivity index is 1.63. The molecule has 0 aromatic carbocycles. The largest absolute Gasteiger partial charge is 0.333 e. The Labute approximate surface area is 123 Å². The van der Waals surface area contributed by atoms with Gasteiger partial charge in [0.05, 0.1) is 5.69 Å². The zero-order chi connectivity index (χ0) is 14.7. The maximum atomic E-state index is 4.35. The van der Waals surface area contributed by atoms with Crippen LogP contribution in [0.15, 0.2) is 36.9 Å². The van der Waals surface area contributed by atoms with Gasteiger partial charge in [-0.05, 0) is 19.1 Å². The standard InChI is InChI=1S/C15H20N6/c1-3-14-16-7-8-20(14)10-12(2)17-9-13-5-4-6-15-18-11-19-21(13)15/h4-8,11-12,17H,3,9-10H2,1-2H3. The van der Waals surface area contributed by atoms with Gasteiger partial charge in [0.25, 0.3) is 0 Å². The summed E-state index contributed by atoms with van der Waals surface area (Å²) in [6.45, 7) is 5.98. The minimum Gasteiger partial charge on any atom is -0.333 e. The second-order valence-electron chi connectivity index (χ2n) is 5.18. The fraction of sp³-hybridized carbons (Fsp3) is 0.400. The third-order valence-electron chi connectivity index (χ3n) is 3.60. The number of fused-ring (bicyclic) bond motifs is 1. The van der Waals surface area contributed by atoms with E-state index in [2.05, 4.69) is 44.9 Å². The highest BCUT2D eigenvalue weighted by atomic mass is 15.3. The first kappa shape index (κ1) is 13.8. The number of nitrogens with zero attached hydrogens (tertiary/aromatic N) is 5. The van der Waals surface area contributed by atoms with Crippen LogP contribution in [0.1, 0.15) is 25.4 Å². The van der Waals surface area contributed by atoms with E-state index in [1.807, 2.05) is 29.0 Å². The lowest BCUT2D eigenvalue weighted by atomic mass is 10.3. The van der Waals surface area contributed by atoms with Crippen LogP contribution < -0.4 is 5.32 Å². The van der Waals surface area contributed by atoms with Crippen molar-refractivity contribution in [1.29, 1.82) is 0 Å². The van der Waals surface area contributed by atoms with Gasteiger partial charge >= 0.3 is 0 Å². The fourth-order valence-corrected chi connectivity index (χ4v) is 2.49. The number of hydrogen-bond donors (Lipinski definition) is 1. The maximum absolute atomic E-state index is 4.35. The van der Waals surface area contributed by atoms with Crippen molar-refractivity contribution < 1.29 is 0 Å². The molecule has 21 heavy (non-hydrogen) atoms. The predicted octanol–water partition coefficient (Wildman–Crippen LogP) is 1.67. The topological polar surface area (TPSA) is 60.0 Å². The van der Waals surface area contributed by atoms with E-state index in [-0.39, 0.29) is 0 Å². The summed E-state index contributed by atoms with van der Waals surface area (Å²) in [5.74, 6) is 1.13. The molecule has 1 N–H and O–H groups in total. The first-order valence-corrected chi connectivity index (χ1v) is 7.29. The van der Waals surface area contributed by atoms with Crippen molar-refractivity contribution in [3.8, 4) is 0 Å². The molecule has 6 nitrogen and oxygen atoms in total. The normalized spacial score (nSPS) is 12.9. The molecule has 0 saturated heterocycles. The Morgan fingerprint density at radius 2 is 2.19 bits per heavy atom. The van der Waals surface area contributed by atoms with Crippen LogP contribution in [0.5, 0.6) is 0 Å². The van der Waals surface area contributed by atoms with Crippen LogP contribution in [0, 0.1) is 0 Å². The third-order valence-corrected chi connectivity index (χ3v) is 3.60. The predicted molar refractivity (Wildman–Crippen MR) is 80.9 cm³/mol. The zero-order valence-corrected chi connectivity index (χ0v) is 12.4. The zero-order valence-electron chi connectivity index (χ0n) is 12.4. The molecule has 3 aromatic rings. The summed E-state index contributed by atoms with van der Waals surface area (Å²) < 4.78 is 4.07. The Morgan fingerprint density at radius 3 is 3.05 bits per heavy atom. The summed E-state index contributed by atoms with van der Waals surface area (Å²) in [5.41, 5.74) is 1.99. The minimum atomic E-state index is 0.350. The first-order chi connectivity index (χ1) is 10.3. The summed E-state index contributed by atoms with van der Waals surface area (Å²) >= 11 is 0. The third kappa shape index (κ3) is 2.95.